The molecule has 2 aliphatic rings. The van der Waals surface area contributed by atoms with Crippen molar-refractivity contribution in [1.29, 1.82) is 0 Å². The normalized spacial score (nSPS) is 19.4. The van der Waals surface area contributed by atoms with Gasteiger partial charge in [-0.05, 0) is 30.5 Å². The second-order valence-corrected chi connectivity index (χ2v) is 6.15. The number of carbonyl (C=O) groups excluding carboxylic acids is 2. The fourth-order valence-corrected chi connectivity index (χ4v) is 2.82. The number of ether oxygens (including phenoxy) is 1. The molecule has 2 heterocycles. The number of benzene rings is 1. The van der Waals surface area contributed by atoms with E-state index in [4.69, 9.17) is 4.74 Å². The molecular formula is C17H18N4O3. The number of nitrogens with zero attached hydrogens (tertiary/aromatic N) is 2. The maximum absolute atomic E-state index is 12.3. The predicted octanol–water partition coefficient (Wildman–Crippen LogP) is 1.27. The number of hydrogen-bond acceptors (Lipinski definition) is 4. The standard InChI is InChI=1S/C17H18N4O3/c1-24-12-6-2-10(3-7-12)13-8-21-9-14(16(22)18-11-4-5-11)19-15(21)17(23)20-13/h2-3,6-7,9,11,13H,4-5,8H2,1H3,(H,18,22)(H,20,23). The molecule has 1 atom stereocenters. The van der Waals surface area contributed by atoms with Crippen molar-refractivity contribution in [2.75, 3.05) is 7.11 Å². The topological polar surface area (TPSA) is 85.2 Å². The van der Waals surface area contributed by atoms with Crippen molar-refractivity contribution in [3.05, 3.63) is 47.5 Å². The average Bonchev–Trinajstić information content (AvgIpc) is 3.29. The molecule has 7 heteroatoms. The lowest BCUT2D eigenvalue weighted by atomic mass is 10.1. The van der Waals surface area contributed by atoms with E-state index in [2.05, 4.69) is 15.6 Å². The Morgan fingerprint density at radius 2 is 2.08 bits per heavy atom. The van der Waals surface area contributed by atoms with Crippen LogP contribution in [-0.2, 0) is 6.54 Å². The van der Waals surface area contributed by atoms with Gasteiger partial charge in [-0.2, -0.15) is 0 Å². The Bertz CT molecular complexity index is 793. The third kappa shape index (κ3) is 2.73. The molecule has 2 N–H and O–H groups in total. The van der Waals surface area contributed by atoms with Crippen LogP contribution in [0.15, 0.2) is 30.5 Å². The van der Waals surface area contributed by atoms with Crippen LogP contribution in [0, 0.1) is 0 Å². The molecule has 1 saturated carbocycles. The summed E-state index contributed by atoms with van der Waals surface area (Å²) in [4.78, 5) is 28.6. The maximum atomic E-state index is 12.3. The molecule has 1 fully saturated rings. The van der Waals surface area contributed by atoms with Crippen molar-refractivity contribution in [2.24, 2.45) is 0 Å². The Morgan fingerprint density at radius 3 is 2.75 bits per heavy atom. The lowest BCUT2D eigenvalue weighted by Gasteiger charge is -2.25. The first-order valence-corrected chi connectivity index (χ1v) is 7.97. The lowest BCUT2D eigenvalue weighted by Crippen LogP contribution is -2.38. The largest absolute Gasteiger partial charge is 0.497 e. The minimum atomic E-state index is -0.271. The summed E-state index contributed by atoms with van der Waals surface area (Å²) in [6, 6.07) is 7.67. The fraction of sp³-hybridized carbons (Fsp3) is 0.353. The second-order valence-electron chi connectivity index (χ2n) is 6.15. The maximum Gasteiger partial charge on any atom is 0.287 e. The Kier molecular flexibility index (Phi) is 3.48. The molecule has 2 amide bonds. The van der Waals surface area contributed by atoms with Crippen molar-refractivity contribution >= 4 is 11.8 Å². The lowest BCUT2D eigenvalue weighted by molar-refractivity contribution is 0.0894. The summed E-state index contributed by atoms with van der Waals surface area (Å²) in [6.45, 7) is 0.539. The van der Waals surface area contributed by atoms with Gasteiger partial charge in [-0.1, -0.05) is 12.1 Å². The highest BCUT2D eigenvalue weighted by molar-refractivity contribution is 5.96. The van der Waals surface area contributed by atoms with Gasteiger partial charge in [0.05, 0.1) is 13.2 Å². The summed E-state index contributed by atoms with van der Waals surface area (Å²) in [5, 5.41) is 5.83. The van der Waals surface area contributed by atoms with Crippen LogP contribution in [0.3, 0.4) is 0 Å². The van der Waals surface area contributed by atoms with E-state index in [1.54, 1.807) is 17.9 Å². The highest BCUT2D eigenvalue weighted by Crippen LogP contribution is 2.24. The molecule has 1 aliphatic heterocycles. The molecule has 124 valence electrons. The first-order chi connectivity index (χ1) is 11.6. The van der Waals surface area contributed by atoms with Crippen LogP contribution in [0.25, 0.3) is 0 Å². The molecule has 0 bridgehead atoms. The molecule has 1 aromatic carbocycles. The number of methoxy groups -OCH3 is 1. The van der Waals surface area contributed by atoms with Crippen molar-refractivity contribution in [2.45, 2.75) is 31.5 Å². The highest BCUT2D eigenvalue weighted by atomic mass is 16.5. The van der Waals surface area contributed by atoms with Gasteiger partial charge in [0.15, 0.2) is 5.82 Å². The van der Waals surface area contributed by atoms with Crippen molar-refractivity contribution < 1.29 is 14.3 Å². The zero-order chi connectivity index (χ0) is 16.7. The number of hydrogen-bond donors (Lipinski definition) is 2. The van der Waals surface area contributed by atoms with Gasteiger partial charge in [0.25, 0.3) is 11.8 Å². The highest BCUT2D eigenvalue weighted by Gasteiger charge is 2.30. The zero-order valence-electron chi connectivity index (χ0n) is 13.3. The van der Waals surface area contributed by atoms with E-state index in [0.29, 0.717) is 12.2 Å². The third-order valence-corrected chi connectivity index (χ3v) is 4.33. The van der Waals surface area contributed by atoms with Gasteiger partial charge in [0, 0.05) is 18.8 Å². The number of imidazole rings is 1. The van der Waals surface area contributed by atoms with Crippen LogP contribution >= 0.6 is 0 Å². The molecule has 2 aromatic rings. The number of fused-ring (bicyclic) bond motifs is 1. The monoisotopic (exact) mass is 326 g/mol. The molecule has 24 heavy (non-hydrogen) atoms. The van der Waals surface area contributed by atoms with Crippen molar-refractivity contribution in [3.63, 3.8) is 0 Å². The summed E-state index contributed by atoms with van der Waals surface area (Å²) in [6.07, 6.45) is 3.68. The molecule has 0 spiro atoms. The molecule has 1 unspecified atom stereocenters. The zero-order valence-corrected chi connectivity index (χ0v) is 13.3. The van der Waals surface area contributed by atoms with Crippen LogP contribution < -0.4 is 15.4 Å². The summed E-state index contributed by atoms with van der Waals surface area (Å²) >= 11 is 0. The van der Waals surface area contributed by atoms with Gasteiger partial charge < -0.3 is 19.9 Å². The SMILES string of the molecule is COc1ccc(C2Cn3cc(C(=O)NC4CC4)nc3C(=O)N2)cc1. The van der Waals surface area contributed by atoms with Crippen LogP contribution in [0.2, 0.25) is 0 Å². The average molecular weight is 326 g/mol. The Morgan fingerprint density at radius 1 is 1.33 bits per heavy atom. The summed E-state index contributed by atoms with van der Waals surface area (Å²) in [5.74, 6) is 0.560. The Balaban J connectivity index is 1.55. The Hall–Kier alpha value is -2.83. The molecule has 0 radical (unpaired) electrons. The third-order valence-electron chi connectivity index (χ3n) is 4.33. The van der Waals surface area contributed by atoms with Crippen LogP contribution in [-0.4, -0.2) is 34.5 Å². The van der Waals surface area contributed by atoms with Gasteiger partial charge in [0.2, 0.25) is 0 Å². The number of nitrogens with one attached hydrogen (secondary N) is 2. The second kappa shape index (κ2) is 5.67. The van der Waals surface area contributed by atoms with E-state index in [-0.39, 0.29) is 29.7 Å². The number of carbonyl (C=O) groups is 2. The van der Waals surface area contributed by atoms with Gasteiger partial charge in [0.1, 0.15) is 11.4 Å². The van der Waals surface area contributed by atoms with E-state index in [1.807, 2.05) is 24.3 Å². The summed E-state index contributed by atoms with van der Waals surface area (Å²) < 4.78 is 6.90. The fourth-order valence-electron chi connectivity index (χ4n) is 2.82. The van der Waals surface area contributed by atoms with E-state index in [0.717, 1.165) is 24.2 Å². The minimum Gasteiger partial charge on any atom is -0.497 e. The van der Waals surface area contributed by atoms with Crippen molar-refractivity contribution in [3.8, 4) is 5.75 Å². The van der Waals surface area contributed by atoms with Gasteiger partial charge in [-0.15, -0.1) is 0 Å². The van der Waals surface area contributed by atoms with Gasteiger partial charge in [-0.25, -0.2) is 4.98 Å². The predicted molar refractivity (Wildman–Crippen MR) is 85.9 cm³/mol. The van der Waals surface area contributed by atoms with E-state index >= 15 is 0 Å². The Labute approximate surface area is 139 Å². The van der Waals surface area contributed by atoms with Crippen LogP contribution in [0.5, 0.6) is 5.75 Å². The minimum absolute atomic E-state index is 0.163. The van der Waals surface area contributed by atoms with E-state index in [9.17, 15) is 9.59 Å². The first-order valence-electron chi connectivity index (χ1n) is 7.97. The smallest absolute Gasteiger partial charge is 0.287 e. The quantitative estimate of drug-likeness (QED) is 0.886. The van der Waals surface area contributed by atoms with Crippen LogP contribution in [0.4, 0.5) is 0 Å². The van der Waals surface area contributed by atoms with Crippen molar-refractivity contribution in [1.82, 2.24) is 20.2 Å². The number of rotatable bonds is 4. The molecule has 1 aliphatic carbocycles. The molecule has 0 saturated heterocycles. The van der Waals surface area contributed by atoms with Gasteiger partial charge in [-0.3, -0.25) is 9.59 Å². The van der Waals surface area contributed by atoms with E-state index < -0.39 is 0 Å². The molecule has 4 rings (SSSR count). The van der Waals surface area contributed by atoms with Crippen LogP contribution in [0.1, 0.15) is 45.6 Å². The number of aromatic nitrogens is 2. The first kappa shape index (κ1) is 14.7. The molecule has 7 nitrogen and oxygen atoms in total. The van der Waals surface area contributed by atoms with Gasteiger partial charge >= 0.3 is 0 Å². The van der Waals surface area contributed by atoms with E-state index in [1.165, 1.54) is 0 Å². The summed E-state index contributed by atoms with van der Waals surface area (Å²) in [7, 11) is 1.61. The summed E-state index contributed by atoms with van der Waals surface area (Å²) in [5.41, 5.74) is 1.27. The molecule has 1 aromatic heterocycles. The number of amides is 2. The molecular weight excluding hydrogens is 308 g/mol.